The standard InChI is InChI=1S/C13H24N2S2/c1-11-4-6-13(7-5-11)10-17-12(15-13)14-8-3-9-16-2/h11H,3-10H2,1-2H3,(H,14,15). The van der Waals surface area contributed by atoms with Crippen molar-refractivity contribution in [1.29, 1.82) is 0 Å². The van der Waals surface area contributed by atoms with Gasteiger partial charge in [0.05, 0.1) is 0 Å². The lowest BCUT2D eigenvalue weighted by molar-refractivity contribution is 0.251. The van der Waals surface area contributed by atoms with Crippen molar-refractivity contribution in [2.45, 2.75) is 44.6 Å². The third-order valence-corrected chi connectivity index (χ3v) is 5.75. The van der Waals surface area contributed by atoms with E-state index >= 15 is 0 Å². The normalized spacial score (nSPS) is 35.4. The van der Waals surface area contributed by atoms with Crippen LogP contribution in [0.25, 0.3) is 0 Å². The van der Waals surface area contributed by atoms with E-state index in [1.807, 2.05) is 23.5 Å². The fourth-order valence-electron chi connectivity index (χ4n) is 2.56. The van der Waals surface area contributed by atoms with E-state index in [0.717, 1.165) is 12.5 Å². The van der Waals surface area contributed by atoms with Crippen LogP contribution in [0.4, 0.5) is 0 Å². The lowest BCUT2D eigenvalue weighted by Gasteiger charge is -2.35. The molecule has 1 saturated heterocycles. The second kappa shape index (κ2) is 6.37. The molecule has 0 aromatic rings. The van der Waals surface area contributed by atoms with Crippen LogP contribution in [0.15, 0.2) is 4.99 Å². The van der Waals surface area contributed by atoms with Gasteiger partial charge in [0.1, 0.15) is 0 Å². The summed E-state index contributed by atoms with van der Waals surface area (Å²) in [5.41, 5.74) is 0.398. The van der Waals surface area contributed by atoms with Gasteiger partial charge in [-0.2, -0.15) is 11.8 Å². The van der Waals surface area contributed by atoms with Gasteiger partial charge in [-0.15, -0.1) is 0 Å². The van der Waals surface area contributed by atoms with Gasteiger partial charge in [-0.05, 0) is 50.0 Å². The molecular weight excluding hydrogens is 248 g/mol. The van der Waals surface area contributed by atoms with E-state index in [0.29, 0.717) is 5.54 Å². The SMILES string of the molecule is CSCCCN=C1NC2(CCC(C)CC2)CS1. The zero-order chi connectivity index (χ0) is 12.1. The Morgan fingerprint density at radius 3 is 2.94 bits per heavy atom. The van der Waals surface area contributed by atoms with E-state index in [9.17, 15) is 0 Å². The second-order valence-corrected chi connectivity index (χ2v) is 7.36. The molecule has 2 nitrogen and oxygen atoms in total. The summed E-state index contributed by atoms with van der Waals surface area (Å²) in [5.74, 6) is 3.39. The van der Waals surface area contributed by atoms with Crippen LogP contribution in [0, 0.1) is 5.92 Å². The molecule has 17 heavy (non-hydrogen) atoms. The van der Waals surface area contributed by atoms with Crippen molar-refractivity contribution in [2.24, 2.45) is 10.9 Å². The molecule has 2 fully saturated rings. The van der Waals surface area contributed by atoms with E-state index in [1.54, 1.807) is 0 Å². The van der Waals surface area contributed by atoms with Crippen LogP contribution in [-0.4, -0.2) is 35.0 Å². The summed E-state index contributed by atoms with van der Waals surface area (Å²) in [4.78, 5) is 4.68. The molecule has 1 N–H and O–H groups in total. The lowest BCUT2D eigenvalue weighted by Crippen LogP contribution is -2.46. The highest BCUT2D eigenvalue weighted by Gasteiger charge is 2.39. The minimum absolute atomic E-state index is 0.398. The number of thioether (sulfide) groups is 2. The molecule has 2 aliphatic rings. The number of nitrogens with one attached hydrogen (secondary N) is 1. The first kappa shape index (κ1) is 13.6. The maximum absolute atomic E-state index is 4.68. The minimum Gasteiger partial charge on any atom is -0.359 e. The van der Waals surface area contributed by atoms with Crippen molar-refractivity contribution < 1.29 is 0 Å². The summed E-state index contributed by atoms with van der Waals surface area (Å²) in [6, 6.07) is 0. The van der Waals surface area contributed by atoms with E-state index in [1.165, 1.54) is 48.8 Å². The molecule has 98 valence electrons. The number of nitrogens with zero attached hydrogens (tertiary/aromatic N) is 1. The average Bonchev–Trinajstić information content (AvgIpc) is 2.73. The Bertz CT molecular complexity index is 271. The Kier molecular flexibility index (Phi) is 5.10. The largest absolute Gasteiger partial charge is 0.359 e. The molecule has 0 aromatic carbocycles. The van der Waals surface area contributed by atoms with Crippen molar-refractivity contribution in [3.8, 4) is 0 Å². The smallest absolute Gasteiger partial charge is 0.157 e. The van der Waals surface area contributed by atoms with Crippen LogP contribution in [0.1, 0.15) is 39.0 Å². The van der Waals surface area contributed by atoms with E-state index in [4.69, 9.17) is 0 Å². The summed E-state index contributed by atoms with van der Waals surface area (Å²) in [6.45, 7) is 3.37. The Hall–Kier alpha value is 0.170. The van der Waals surface area contributed by atoms with Crippen LogP contribution < -0.4 is 5.32 Å². The summed E-state index contributed by atoms with van der Waals surface area (Å²) < 4.78 is 0. The fourth-order valence-corrected chi connectivity index (χ4v) is 4.23. The van der Waals surface area contributed by atoms with E-state index in [-0.39, 0.29) is 0 Å². The molecule has 1 heterocycles. The van der Waals surface area contributed by atoms with Gasteiger partial charge < -0.3 is 5.32 Å². The molecule has 0 unspecified atom stereocenters. The van der Waals surface area contributed by atoms with Gasteiger partial charge in [-0.3, -0.25) is 4.99 Å². The summed E-state index contributed by atoms with van der Waals surface area (Å²) in [6.07, 6.45) is 8.81. The molecule has 4 heteroatoms. The quantitative estimate of drug-likeness (QED) is 0.794. The topological polar surface area (TPSA) is 24.4 Å². The summed E-state index contributed by atoms with van der Waals surface area (Å²) in [7, 11) is 0. The molecule has 1 spiro atoms. The Morgan fingerprint density at radius 2 is 2.24 bits per heavy atom. The number of amidine groups is 1. The number of hydrogen-bond acceptors (Lipinski definition) is 3. The molecule has 0 amide bonds. The third kappa shape index (κ3) is 3.82. The molecule has 1 aliphatic heterocycles. The van der Waals surface area contributed by atoms with Gasteiger partial charge in [0.2, 0.25) is 0 Å². The minimum atomic E-state index is 0.398. The highest BCUT2D eigenvalue weighted by Crippen LogP contribution is 2.38. The first-order valence-corrected chi connectivity index (χ1v) is 9.06. The lowest BCUT2D eigenvalue weighted by atomic mass is 9.78. The van der Waals surface area contributed by atoms with Gasteiger partial charge in [0.15, 0.2) is 5.17 Å². The van der Waals surface area contributed by atoms with Crippen LogP contribution in [-0.2, 0) is 0 Å². The molecule has 2 rings (SSSR count). The van der Waals surface area contributed by atoms with Gasteiger partial charge in [0, 0.05) is 17.8 Å². The Morgan fingerprint density at radius 1 is 1.47 bits per heavy atom. The number of aliphatic imine (C=N–C) groups is 1. The van der Waals surface area contributed by atoms with Gasteiger partial charge in [0.25, 0.3) is 0 Å². The fraction of sp³-hybridized carbons (Fsp3) is 0.923. The number of rotatable bonds is 4. The maximum Gasteiger partial charge on any atom is 0.157 e. The van der Waals surface area contributed by atoms with E-state index in [2.05, 4.69) is 23.5 Å². The van der Waals surface area contributed by atoms with Crippen molar-refractivity contribution in [3.05, 3.63) is 0 Å². The second-order valence-electron chi connectivity index (χ2n) is 5.41. The van der Waals surface area contributed by atoms with Crippen molar-refractivity contribution >= 4 is 28.7 Å². The Balaban J connectivity index is 1.78. The average molecular weight is 272 g/mol. The summed E-state index contributed by atoms with van der Waals surface area (Å²) >= 11 is 3.85. The third-order valence-electron chi connectivity index (χ3n) is 3.85. The highest BCUT2D eigenvalue weighted by molar-refractivity contribution is 8.14. The van der Waals surface area contributed by atoms with Gasteiger partial charge >= 0.3 is 0 Å². The molecule has 1 saturated carbocycles. The molecular formula is C13H24N2S2. The number of hydrogen-bond donors (Lipinski definition) is 1. The van der Waals surface area contributed by atoms with Crippen molar-refractivity contribution in [3.63, 3.8) is 0 Å². The van der Waals surface area contributed by atoms with Gasteiger partial charge in [-0.25, -0.2) is 0 Å². The Labute approximate surface area is 114 Å². The first-order valence-electron chi connectivity index (χ1n) is 6.68. The molecule has 0 radical (unpaired) electrons. The monoisotopic (exact) mass is 272 g/mol. The molecule has 1 aliphatic carbocycles. The summed E-state index contributed by atoms with van der Waals surface area (Å²) in [5, 5.41) is 4.92. The van der Waals surface area contributed by atoms with Crippen LogP contribution >= 0.6 is 23.5 Å². The van der Waals surface area contributed by atoms with E-state index < -0.39 is 0 Å². The first-order chi connectivity index (χ1) is 8.24. The highest BCUT2D eigenvalue weighted by atomic mass is 32.2. The van der Waals surface area contributed by atoms with Crippen LogP contribution in [0.5, 0.6) is 0 Å². The zero-order valence-corrected chi connectivity index (χ0v) is 12.6. The van der Waals surface area contributed by atoms with Crippen molar-refractivity contribution in [1.82, 2.24) is 5.32 Å². The predicted molar refractivity (Wildman–Crippen MR) is 81.3 cm³/mol. The molecule has 0 aromatic heterocycles. The van der Waals surface area contributed by atoms with Crippen LogP contribution in [0.2, 0.25) is 0 Å². The molecule has 0 atom stereocenters. The zero-order valence-electron chi connectivity index (χ0n) is 11.0. The van der Waals surface area contributed by atoms with Crippen LogP contribution in [0.3, 0.4) is 0 Å². The van der Waals surface area contributed by atoms with Gasteiger partial charge in [-0.1, -0.05) is 18.7 Å². The van der Waals surface area contributed by atoms with Crippen molar-refractivity contribution in [2.75, 3.05) is 24.3 Å². The molecule has 0 bridgehead atoms. The maximum atomic E-state index is 4.68. The predicted octanol–water partition coefficient (Wildman–Crippen LogP) is 3.38.